The van der Waals surface area contributed by atoms with Crippen LogP contribution in [-0.2, 0) is 1340 Å². The van der Waals surface area contributed by atoms with Crippen LogP contribution in [0.25, 0.3) is 0 Å². The second-order valence-electron chi connectivity index (χ2n) is 0. The van der Waals surface area contributed by atoms with E-state index in [-0.39, 0.29) is 1350 Å². The second-order valence-corrected chi connectivity index (χ2v) is 0. The van der Waals surface area contributed by atoms with E-state index in [2.05, 4.69) is 0 Å². The fraction of sp³-hybridized carbons (Fsp3) is 0. The normalized spacial score (nSPS) is 0. The van der Waals surface area contributed by atoms with Gasteiger partial charge < -0.3 is 7.43 Å². The Hall–Kier alpha value is 45.3. The maximum Gasteiger partial charge on any atom is 0 e. The van der Waals surface area contributed by atoms with E-state index in [1.54, 1.807) is 0 Å². The van der Waals surface area contributed by atoms with E-state index in [0.29, 0.717) is 0 Å². The van der Waals surface area contributed by atoms with Gasteiger partial charge in [0.2, 0.25) is 0 Å². The summed E-state index contributed by atoms with van der Waals surface area (Å²) in [7, 11) is 0. The first kappa shape index (κ1) is 317. The minimum Gasteiger partial charge on any atom is -0.358 e. The Bertz CT molecular complexity index is 6.82. The summed E-state index contributed by atoms with van der Waals surface area (Å²) in [6, 6.07) is 0. The zero-order chi connectivity index (χ0) is 0. The van der Waals surface area contributed by atoms with Gasteiger partial charge in [-0.25, -0.2) is 0 Å². The van der Waals surface area contributed by atoms with Gasteiger partial charge in [0, 0.05) is 1340 Å². The minimum absolute atomic E-state index is 0. The summed E-state index contributed by atoms with van der Waals surface area (Å²) in [5.74, 6) is 0. The molecule has 0 aromatic heterocycles. The molecule has 0 nitrogen and oxygen atoms in total. The van der Waals surface area contributed by atoms with Crippen LogP contribution in [0, 0.1) is 7.43 Å². The Labute approximate surface area is 1300 Å². The Balaban J connectivity index is 0. The number of hydrogen-bond acceptors (Lipinski definition) is 0. The molecule has 0 aliphatic carbocycles. The topological polar surface area (TPSA) is 0 Å². The molecule has 0 spiro atoms. The molecule has 0 bridgehead atoms. The molecule has 41 heteroatoms. The SMILES string of the molecule is [CH3-].[Y].[Y].[Y].[Y].[Y].[Y].[Y].[Y].[Y].[Y].[Y].[Y].[Y].[Y].[Y].[Y].[Y].[Y].[Y].[Y].[Y].[Y].[Y].[Y].[Y].[Y].[Y].[Y].[Y].[Y].[Y].[Y].[Y].[Y].[Y].[Y].[Y].[Y].[Y].[Y].[Y]. The van der Waals surface area contributed by atoms with Crippen molar-refractivity contribution in [3.8, 4) is 0 Å². The van der Waals surface area contributed by atoms with Crippen LogP contribution in [0.1, 0.15) is 0 Å². The predicted molar refractivity (Wildman–Crippen MR) is 6.41 cm³/mol. The molecular weight excluding hydrogens is 3660 g/mol. The first-order valence-corrected chi connectivity index (χ1v) is 0. The summed E-state index contributed by atoms with van der Waals surface area (Å²) in [5, 5.41) is 0. The van der Waals surface area contributed by atoms with E-state index in [4.69, 9.17) is 0 Å². The first-order valence-electron chi connectivity index (χ1n) is 0. The molecule has 0 heterocycles. The Morgan fingerprint density at radius 1 is 0.0476 bits per heavy atom. The molecule has 0 atom stereocenters. The first-order chi connectivity index (χ1) is 0. The fourth-order valence-electron chi connectivity index (χ4n) is 0. The molecule has 131 valence electrons. The van der Waals surface area contributed by atoms with Gasteiger partial charge in [0.25, 0.3) is 0 Å². The molecule has 41 radical (unpaired) electrons. The summed E-state index contributed by atoms with van der Waals surface area (Å²) >= 11 is 0. The summed E-state index contributed by atoms with van der Waals surface area (Å²) < 4.78 is 0. The summed E-state index contributed by atoms with van der Waals surface area (Å²) in [4.78, 5) is 0. The maximum atomic E-state index is 0. The quantitative estimate of drug-likeness (QED) is 0.308. The van der Waals surface area contributed by atoms with Gasteiger partial charge >= 0.3 is 0 Å². The zero-order valence-electron chi connectivity index (χ0n) is 24.7. The van der Waals surface area contributed by atoms with Crippen molar-refractivity contribution in [3.05, 3.63) is 7.43 Å². The number of rotatable bonds is 0. The molecule has 0 saturated heterocycles. The molecule has 0 N–H and O–H groups in total. The Kier molecular flexibility index (Phi) is 2310. The molecule has 0 saturated carbocycles. The van der Waals surface area contributed by atoms with E-state index < -0.39 is 0 Å². The van der Waals surface area contributed by atoms with Crippen molar-refractivity contribution in [2.45, 2.75) is 0 Å². The van der Waals surface area contributed by atoms with Crippen LogP contribution < -0.4 is 0 Å². The summed E-state index contributed by atoms with van der Waals surface area (Å²) in [6.45, 7) is 0. The molecule has 0 amide bonds. The van der Waals surface area contributed by atoms with E-state index in [1.165, 1.54) is 0 Å². The van der Waals surface area contributed by atoms with Gasteiger partial charge in [0.15, 0.2) is 0 Å². The van der Waals surface area contributed by atoms with Crippen molar-refractivity contribution in [1.82, 2.24) is 0 Å². The molecule has 0 aromatic rings. The van der Waals surface area contributed by atoms with Crippen LogP contribution in [0.3, 0.4) is 0 Å². The molecule has 0 aliphatic heterocycles. The third-order valence-corrected chi connectivity index (χ3v) is 0. The standard InChI is InChI=1S/CH3.41Y/h1H3;;;;;;;;;;;;;;;;;;;;;;;;;;;;;;;;;;;;;;;;;/q-1;;;;;;;;;;;;;;;;;;;;;;;;;;;;;;;;;;;;;;;;;. The predicted octanol–water partition coefficient (Wildman–Crippen LogP) is 0.348. The van der Waals surface area contributed by atoms with Crippen molar-refractivity contribution in [2.24, 2.45) is 0 Å². The minimum atomic E-state index is 0. The third kappa shape index (κ3) is 296. The average molecular weight is 3660 g/mol. The van der Waals surface area contributed by atoms with Crippen molar-refractivity contribution in [3.63, 3.8) is 0 Å². The average Bonchev–Trinajstić information content (AvgIpc) is 0. The molecule has 0 fully saturated rings. The smallest absolute Gasteiger partial charge is 0 e. The van der Waals surface area contributed by atoms with Crippen LogP contribution in [0.2, 0.25) is 0 Å². The molecule has 0 aromatic carbocycles. The maximum absolute atomic E-state index is 0. The monoisotopic (exact) mass is 3660 g/mol. The molecule has 0 rings (SSSR count). The van der Waals surface area contributed by atoms with E-state index >= 15 is 0 Å². The van der Waals surface area contributed by atoms with Gasteiger partial charge in [-0.05, 0) is 0 Å². The third-order valence-electron chi connectivity index (χ3n) is 0. The largest absolute Gasteiger partial charge is 0.358 e. The van der Waals surface area contributed by atoms with Gasteiger partial charge in [-0.15, -0.1) is 0 Å². The van der Waals surface area contributed by atoms with Crippen molar-refractivity contribution in [2.75, 3.05) is 0 Å². The van der Waals surface area contributed by atoms with Crippen molar-refractivity contribution >= 4 is 0 Å². The van der Waals surface area contributed by atoms with Gasteiger partial charge in [-0.1, -0.05) is 0 Å². The Morgan fingerprint density at radius 3 is 0.0476 bits per heavy atom. The number of hydrogen-bond donors (Lipinski definition) is 0. The second kappa shape index (κ2) is 306. The van der Waals surface area contributed by atoms with Crippen molar-refractivity contribution in [1.29, 1.82) is 0 Å². The molecule has 0 aliphatic rings. The van der Waals surface area contributed by atoms with Crippen LogP contribution >= 0.6 is 0 Å². The molecule has 42 heavy (non-hydrogen) atoms. The van der Waals surface area contributed by atoms with Gasteiger partial charge in [0.05, 0.1) is 0 Å². The van der Waals surface area contributed by atoms with Crippen LogP contribution in [0.5, 0.6) is 0 Å². The summed E-state index contributed by atoms with van der Waals surface area (Å²) in [5.41, 5.74) is 0. The van der Waals surface area contributed by atoms with Gasteiger partial charge in [-0.3, -0.25) is 0 Å². The van der Waals surface area contributed by atoms with Gasteiger partial charge in [-0.2, -0.15) is 0 Å². The van der Waals surface area contributed by atoms with Crippen LogP contribution in [0.4, 0.5) is 0 Å². The molecule has 0 unspecified atom stereocenters. The zero-order valence-corrected chi connectivity index (χ0v) is 141. The van der Waals surface area contributed by atoms with E-state index in [9.17, 15) is 0 Å². The Morgan fingerprint density at radius 2 is 0.0476 bits per heavy atom. The van der Waals surface area contributed by atoms with E-state index in [1.807, 2.05) is 0 Å². The van der Waals surface area contributed by atoms with E-state index in [0.717, 1.165) is 0 Å². The fourth-order valence-corrected chi connectivity index (χ4v) is 0. The molecular formula is CH3Y41-. The van der Waals surface area contributed by atoms with Crippen LogP contribution in [0.15, 0.2) is 0 Å². The van der Waals surface area contributed by atoms with Crippen molar-refractivity contribution < 1.29 is 1340 Å². The van der Waals surface area contributed by atoms with Crippen LogP contribution in [-0.4, -0.2) is 0 Å². The summed E-state index contributed by atoms with van der Waals surface area (Å²) in [6.07, 6.45) is 0. The van der Waals surface area contributed by atoms with Gasteiger partial charge in [0.1, 0.15) is 0 Å².